The Labute approximate surface area is 161 Å². The zero-order valence-corrected chi connectivity index (χ0v) is 17.6. The lowest BCUT2D eigenvalue weighted by Gasteiger charge is -2.18. The van der Waals surface area contributed by atoms with E-state index in [-0.39, 0.29) is 16.0 Å². The molecule has 2 aromatic rings. The lowest BCUT2D eigenvalue weighted by molar-refractivity contribution is 0.0599. The minimum Gasteiger partial charge on any atom is -0.465 e. The molecule has 0 spiro atoms. The zero-order chi connectivity index (χ0) is 18.1. The smallest absolute Gasteiger partial charge is 0.352 e. The number of methoxy groups -OCH3 is 1. The van der Waals surface area contributed by atoms with E-state index in [1.54, 1.807) is 12.1 Å². The first-order chi connectivity index (χ1) is 11.1. The maximum atomic E-state index is 12.4. The molecule has 0 saturated heterocycles. The van der Waals surface area contributed by atoms with E-state index in [2.05, 4.69) is 52.6 Å². The lowest BCUT2D eigenvalue weighted by Crippen LogP contribution is -2.13. The van der Waals surface area contributed by atoms with Gasteiger partial charge in [-0.3, -0.25) is 0 Å². The molecule has 24 heavy (non-hydrogen) atoms. The molecule has 0 atom stereocenters. The van der Waals surface area contributed by atoms with Crippen molar-refractivity contribution in [2.75, 3.05) is 7.11 Å². The molecule has 0 fully saturated rings. The largest absolute Gasteiger partial charge is 0.465 e. The molecule has 2 rings (SSSR count). The summed E-state index contributed by atoms with van der Waals surface area (Å²) in [4.78, 5) is 24.4. The van der Waals surface area contributed by atoms with Gasteiger partial charge in [-0.1, -0.05) is 32.9 Å². The van der Waals surface area contributed by atoms with Gasteiger partial charge in [-0.15, -0.1) is 11.3 Å². The first-order valence-electron chi connectivity index (χ1n) is 7.04. The average molecular weight is 476 g/mol. The first-order valence-corrected chi connectivity index (χ1v) is 9.44. The van der Waals surface area contributed by atoms with Crippen LogP contribution < -0.4 is 4.74 Å². The van der Waals surface area contributed by atoms with Gasteiger partial charge in [-0.05, 0) is 55.0 Å². The van der Waals surface area contributed by atoms with Crippen molar-refractivity contribution in [2.45, 2.75) is 26.2 Å². The Morgan fingerprint density at radius 1 is 1.04 bits per heavy atom. The summed E-state index contributed by atoms with van der Waals surface area (Å²) in [5.41, 5.74) is 1.53. The summed E-state index contributed by atoms with van der Waals surface area (Å²) in [6.07, 6.45) is 0. The van der Waals surface area contributed by atoms with Gasteiger partial charge in [0.2, 0.25) is 0 Å². The van der Waals surface area contributed by atoms with Crippen molar-refractivity contribution in [3.05, 3.63) is 48.5 Å². The van der Waals surface area contributed by atoms with Crippen LogP contribution in [0, 0.1) is 0 Å². The molecule has 0 aliphatic carbocycles. The second-order valence-electron chi connectivity index (χ2n) is 6.06. The Morgan fingerprint density at radius 3 is 2.12 bits per heavy atom. The molecule has 7 heteroatoms. The van der Waals surface area contributed by atoms with Gasteiger partial charge in [0, 0.05) is 0 Å². The van der Waals surface area contributed by atoms with Crippen LogP contribution in [0.4, 0.5) is 0 Å². The molecule has 128 valence electrons. The van der Waals surface area contributed by atoms with Crippen molar-refractivity contribution in [3.8, 4) is 5.75 Å². The highest BCUT2D eigenvalue weighted by Crippen LogP contribution is 2.43. The standard InChI is InChI=1S/C17H16Br2O4S/c1-17(2,3)10-7-5-9(6-8-10)15(20)23-12-11(18)14(19)24-13(12)16(21)22-4/h5-8H,1-4H3. The molecule has 1 heterocycles. The number of rotatable bonds is 3. The number of hydrogen-bond donors (Lipinski definition) is 0. The van der Waals surface area contributed by atoms with Gasteiger partial charge in [0.15, 0.2) is 10.6 Å². The molecule has 0 unspecified atom stereocenters. The van der Waals surface area contributed by atoms with Gasteiger partial charge >= 0.3 is 11.9 Å². The second-order valence-corrected chi connectivity index (χ2v) is 9.19. The van der Waals surface area contributed by atoms with Crippen molar-refractivity contribution in [2.24, 2.45) is 0 Å². The number of thiophene rings is 1. The fourth-order valence-corrected chi connectivity index (χ4v) is 4.03. The van der Waals surface area contributed by atoms with E-state index in [1.807, 2.05) is 12.1 Å². The SMILES string of the molecule is COC(=O)c1sc(Br)c(Br)c1OC(=O)c1ccc(C(C)(C)C)cc1. The van der Waals surface area contributed by atoms with Crippen LogP contribution in [0.3, 0.4) is 0 Å². The summed E-state index contributed by atoms with van der Waals surface area (Å²) in [6, 6.07) is 7.24. The molecule has 0 N–H and O–H groups in total. The Kier molecular flexibility index (Phi) is 5.88. The quantitative estimate of drug-likeness (QED) is 0.544. The predicted molar refractivity (Wildman–Crippen MR) is 101 cm³/mol. The van der Waals surface area contributed by atoms with Crippen LogP contribution in [0.2, 0.25) is 0 Å². The normalized spacial score (nSPS) is 11.2. The van der Waals surface area contributed by atoms with E-state index in [9.17, 15) is 9.59 Å². The predicted octanol–water partition coefficient (Wildman–Crippen LogP) is 5.58. The van der Waals surface area contributed by atoms with Crippen LogP contribution in [-0.2, 0) is 10.2 Å². The highest BCUT2D eigenvalue weighted by Gasteiger charge is 2.25. The summed E-state index contributed by atoms with van der Waals surface area (Å²) >= 11 is 7.77. The van der Waals surface area contributed by atoms with Crippen molar-refractivity contribution >= 4 is 55.1 Å². The fraction of sp³-hybridized carbons (Fsp3) is 0.294. The van der Waals surface area contributed by atoms with Crippen molar-refractivity contribution in [1.82, 2.24) is 0 Å². The number of carbonyl (C=O) groups is 2. The van der Waals surface area contributed by atoms with Gasteiger partial charge in [0.05, 0.1) is 20.9 Å². The van der Waals surface area contributed by atoms with Crippen molar-refractivity contribution in [1.29, 1.82) is 0 Å². The number of ether oxygens (including phenoxy) is 2. The van der Waals surface area contributed by atoms with E-state index >= 15 is 0 Å². The summed E-state index contributed by atoms with van der Waals surface area (Å²) in [6.45, 7) is 6.30. The number of esters is 2. The first kappa shape index (κ1) is 19.1. The highest BCUT2D eigenvalue weighted by atomic mass is 79.9. The van der Waals surface area contributed by atoms with Crippen LogP contribution in [0.25, 0.3) is 0 Å². The van der Waals surface area contributed by atoms with Crippen LogP contribution in [0.1, 0.15) is 46.4 Å². The zero-order valence-electron chi connectivity index (χ0n) is 13.6. The minimum atomic E-state index is -0.558. The summed E-state index contributed by atoms with van der Waals surface area (Å²) in [7, 11) is 1.28. The summed E-state index contributed by atoms with van der Waals surface area (Å²) < 4.78 is 11.3. The maximum absolute atomic E-state index is 12.4. The molecule has 1 aromatic heterocycles. The fourth-order valence-electron chi connectivity index (χ4n) is 1.95. The van der Waals surface area contributed by atoms with Gasteiger partial charge < -0.3 is 9.47 Å². The van der Waals surface area contributed by atoms with Crippen LogP contribution in [0.5, 0.6) is 5.75 Å². The molecule has 0 amide bonds. The van der Waals surface area contributed by atoms with Gasteiger partial charge in [0.25, 0.3) is 0 Å². The Morgan fingerprint density at radius 2 is 1.62 bits per heavy atom. The van der Waals surface area contributed by atoms with E-state index in [1.165, 1.54) is 7.11 Å². The minimum absolute atomic E-state index is 0.00172. The lowest BCUT2D eigenvalue weighted by atomic mass is 9.87. The van der Waals surface area contributed by atoms with E-state index < -0.39 is 11.9 Å². The Bertz CT molecular complexity index is 773. The van der Waals surface area contributed by atoms with Crippen molar-refractivity contribution in [3.63, 3.8) is 0 Å². The molecule has 0 aliphatic rings. The maximum Gasteiger partial charge on any atom is 0.352 e. The molecule has 0 radical (unpaired) electrons. The molecular weight excluding hydrogens is 460 g/mol. The number of halogens is 2. The Balaban J connectivity index is 2.29. The molecule has 4 nitrogen and oxygen atoms in total. The highest BCUT2D eigenvalue weighted by molar-refractivity contribution is 9.13. The number of hydrogen-bond acceptors (Lipinski definition) is 5. The Hall–Kier alpha value is -1.18. The van der Waals surface area contributed by atoms with Gasteiger partial charge in [-0.2, -0.15) is 0 Å². The van der Waals surface area contributed by atoms with Crippen LogP contribution in [-0.4, -0.2) is 19.0 Å². The van der Waals surface area contributed by atoms with Crippen LogP contribution in [0.15, 0.2) is 32.5 Å². The van der Waals surface area contributed by atoms with Crippen LogP contribution >= 0.6 is 43.2 Å². The van der Waals surface area contributed by atoms with Gasteiger partial charge in [-0.25, -0.2) is 9.59 Å². The monoisotopic (exact) mass is 474 g/mol. The van der Waals surface area contributed by atoms with Crippen molar-refractivity contribution < 1.29 is 19.1 Å². The van der Waals surface area contributed by atoms with E-state index in [4.69, 9.17) is 9.47 Å². The molecular formula is C17H16Br2O4S. The molecule has 0 bridgehead atoms. The van der Waals surface area contributed by atoms with E-state index in [0.29, 0.717) is 13.8 Å². The third-order valence-corrected chi connectivity index (χ3v) is 6.69. The third-order valence-electron chi connectivity index (χ3n) is 3.32. The average Bonchev–Trinajstić information content (AvgIpc) is 2.81. The number of benzene rings is 1. The molecule has 1 aromatic carbocycles. The summed E-state index contributed by atoms with van der Waals surface area (Å²) in [5, 5.41) is 0. The second kappa shape index (κ2) is 7.37. The molecule has 0 aliphatic heterocycles. The number of carbonyl (C=O) groups excluding carboxylic acids is 2. The molecule has 0 saturated carbocycles. The van der Waals surface area contributed by atoms with Gasteiger partial charge in [0.1, 0.15) is 0 Å². The van der Waals surface area contributed by atoms with E-state index in [0.717, 1.165) is 16.9 Å². The summed E-state index contributed by atoms with van der Waals surface area (Å²) in [5.74, 6) is -0.937. The third kappa shape index (κ3) is 4.07. The topological polar surface area (TPSA) is 52.6 Å².